The Labute approximate surface area is 168 Å². The third kappa shape index (κ3) is 3.62. The number of nitrogens with zero attached hydrogens (tertiary/aromatic N) is 2. The van der Waals surface area contributed by atoms with E-state index in [1.807, 2.05) is 35.7 Å². The molecule has 2 N–H and O–H groups in total. The van der Waals surface area contributed by atoms with E-state index in [1.54, 1.807) is 11.3 Å². The molecule has 0 saturated heterocycles. The van der Waals surface area contributed by atoms with E-state index in [-0.39, 0.29) is 11.0 Å². The number of aromatic amines is 1. The number of aromatic nitrogens is 2. The van der Waals surface area contributed by atoms with Gasteiger partial charge in [-0.05, 0) is 22.4 Å². The molecule has 0 saturated carbocycles. The quantitative estimate of drug-likeness (QED) is 0.702. The Hall–Kier alpha value is -2.44. The number of aromatic hydroxyl groups is 1. The van der Waals surface area contributed by atoms with Gasteiger partial charge in [0, 0.05) is 31.6 Å². The summed E-state index contributed by atoms with van der Waals surface area (Å²) in [4.78, 5) is 23.5. The van der Waals surface area contributed by atoms with Crippen LogP contribution >= 0.6 is 11.3 Å². The Balaban J connectivity index is 1.58. The molecule has 6 heteroatoms. The van der Waals surface area contributed by atoms with Crippen LogP contribution in [0.5, 0.6) is 5.75 Å². The minimum atomic E-state index is -0.117. The highest BCUT2D eigenvalue weighted by atomic mass is 32.1. The van der Waals surface area contributed by atoms with Gasteiger partial charge in [0.1, 0.15) is 5.75 Å². The molecule has 0 aliphatic carbocycles. The second-order valence-corrected chi connectivity index (χ2v) is 9.29. The van der Waals surface area contributed by atoms with E-state index < -0.39 is 0 Å². The van der Waals surface area contributed by atoms with Crippen LogP contribution in [0.25, 0.3) is 10.7 Å². The van der Waals surface area contributed by atoms with Crippen LogP contribution in [0.1, 0.15) is 43.2 Å². The molecule has 0 amide bonds. The summed E-state index contributed by atoms with van der Waals surface area (Å²) in [6.45, 7) is 8.26. The number of phenols is 1. The first-order chi connectivity index (χ1) is 13.3. The van der Waals surface area contributed by atoms with E-state index in [0.29, 0.717) is 24.7 Å². The van der Waals surface area contributed by atoms with Crippen molar-refractivity contribution < 1.29 is 5.11 Å². The second-order valence-electron chi connectivity index (χ2n) is 8.34. The number of benzene rings is 1. The van der Waals surface area contributed by atoms with Gasteiger partial charge in [-0.1, -0.05) is 45.0 Å². The van der Waals surface area contributed by atoms with Crippen molar-refractivity contribution in [1.82, 2.24) is 14.9 Å². The fraction of sp³-hybridized carbons (Fsp3) is 0.364. The largest absolute Gasteiger partial charge is 0.507 e. The number of hydrogen-bond donors (Lipinski definition) is 2. The number of nitrogens with one attached hydrogen (secondary N) is 1. The Morgan fingerprint density at radius 2 is 2.07 bits per heavy atom. The van der Waals surface area contributed by atoms with Gasteiger partial charge in [-0.25, -0.2) is 4.98 Å². The number of hydrogen-bond acceptors (Lipinski definition) is 5. The smallest absolute Gasteiger partial charge is 0.255 e. The summed E-state index contributed by atoms with van der Waals surface area (Å²) in [5, 5.41) is 12.7. The van der Waals surface area contributed by atoms with Crippen LogP contribution in [-0.4, -0.2) is 26.5 Å². The Bertz CT molecular complexity index is 1050. The Kier molecular flexibility index (Phi) is 4.85. The van der Waals surface area contributed by atoms with Crippen molar-refractivity contribution in [2.45, 2.75) is 45.7 Å². The summed E-state index contributed by atoms with van der Waals surface area (Å²) >= 11 is 1.57. The summed E-state index contributed by atoms with van der Waals surface area (Å²) in [6, 6.07) is 9.86. The third-order valence-corrected chi connectivity index (χ3v) is 6.10. The summed E-state index contributed by atoms with van der Waals surface area (Å²) < 4.78 is 0. The molecular weight excluding hydrogens is 370 g/mol. The van der Waals surface area contributed by atoms with Crippen LogP contribution < -0.4 is 5.56 Å². The first kappa shape index (κ1) is 18.9. The van der Waals surface area contributed by atoms with E-state index in [4.69, 9.17) is 4.98 Å². The monoisotopic (exact) mass is 395 g/mol. The summed E-state index contributed by atoms with van der Waals surface area (Å²) in [6.07, 6.45) is 0.733. The number of thiophene rings is 1. The molecule has 1 aliphatic heterocycles. The number of rotatable bonds is 3. The van der Waals surface area contributed by atoms with Crippen LogP contribution in [0.2, 0.25) is 0 Å². The minimum Gasteiger partial charge on any atom is -0.507 e. The van der Waals surface area contributed by atoms with Gasteiger partial charge in [-0.15, -0.1) is 11.3 Å². The lowest BCUT2D eigenvalue weighted by Gasteiger charge is -2.29. The first-order valence-electron chi connectivity index (χ1n) is 9.52. The van der Waals surface area contributed by atoms with E-state index in [9.17, 15) is 9.90 Å². The molecule has 146 valence electrons. The number of phenolic OH excluding ortho intramolecular Hbond substituents is 1. The number of fused-ring (bicyclic) bond motifs is 1. The number of para-hydroxylation sites is 1. The molecule has 2 aromatic heterocycles. The molecule has 0 radical (unpaired) electrons. The van der Waals surface area contributed by atoms with Gasteiger partial charge in [0.2, 0.25) is 0 Å². The fourth-order valence-electron chi connectivity index (χ4n) is 3.71. The molecule has 0 atom stereocenters. The van der Waals surface area contributed by atoms with Crippen LogP contribution in [0.15, 0.2) is 40.5 Å². The van der Waals surface area contributed by atoms with Gasteiger partial charge in [-0.3, -0.25) is 9.69 Å². The van der Waals surface area contributed by atoms with Crippen LogP contribution in [-0.2, 0) is 24.9 Å². The fourth-order valence-corrected chi connectivity index (χ4v) is 4.38. The van der Waals surface area contributed by atoms with Gasteiger partial charge in [0.05, 0.1) is 16.1 Å². The maximum Gasteiger partial charge on any atom is 0.255 e. The zero-order chi connectivity index (χ0) is 19.9. The van der Waals surface area contributed by atoms with E-state index in [2.05, 4.69) is 30.7 Å². The molecule has 0 spiro atoms. The predicted octanol–water partition coefficient (Wildman–Crippen LogP) is 4.06. The van der Waals surface area contributed by atoms with Gasteiger partial charge in [0.15, 0.2) is 5.82 Å². The van der Waals surface area contributed by atoms with Crippen molar-refractivity contribution in [3.63, 3.8) is 0 Å². The maximum atomic E-state index is 12.7. The van der Waals surface area contributed by atoms with Crippen molar-refractivity contribution in [2.75, 3.05) is 6.54 Å². The molecule has 5 nitrogen and oxygen atoms in total. The molecule has 0 bridgehead atoms. The SMILES string of the molecule is CC(C)(C)c1cccc(CN2CCc3nc(-c4cccs4)[nH]c(=O)c3C2)c1O. The van der Waals surface area contributed by atoms with Gasteiger partial charge >= 0.3 is 0 Å². The average Bonchev–Trinajstić information content (AvgIpc) is 3.17. The van der Waals surface area contributed by atoms with Crippen molar-refractivity contribution in [2.24, 2.45) is 0 Å². The maximum absolute atomic E-state index is 12.7. The molecule has 0 unspecified atom stereocenters. The molecule has 1 aromatic carbocycles. The molecule has 0 fully saturated rings. The minimum absolute atomic E-state index is 0.0641. The zero-order valence-corrected chi connectivity index (χ0v) is 17.3. The highest BCUT2D eigenvalue weighted by Gasteiger charge is 2.24. The van der Waals surface area contributed by atoms with Crippen LogP contribution in [0.3, 0.4) is 0 Å². The van der Waals surface area contributed by atoms with E-state index in [0.717, 1.165) is 40.2 Å². The molecule has 4 rings (SSSR count). The van der Waals surface area contributed by atoms with Crippen molar-refractivity contribution >= 4 is 11.3 Å². The zero-order valence-electron chi connectivity index (χ0n) is 16.5. The van der Waals surface area contributed by atoms with Crippen molar-refractivity contribution in [3.8, 4) is 16.5 Å². The third-order valence-electron chi connectivity index (χ3n) is 5.22. The lowest BCUT2D eigenvalue weighted by Crippen LogP contribution is -2.35. The summed E-state index contributed by atoms with van der Waals surface area (Å²) in [7, 11) is 0. The highest BCUT2D eigenvalue weighted by Crippen LogP contribution is 2.34. The van der Waals surface area contributed by atoms with Gasteiger partial charge in [0.25, 0.3) is 5.56 Å². The van der Waals surface area contributed by atoms with Crippen LogP contribution in [0.4, 0.5) is 0 Å². The topological polar surface area (TPSA) is 69.2 Å². The second kappa shape index (κ2) is 7.18. The van der Waals surface area contributed by atoms with Crippen LogP contribution in [0, 0.1) is 0 Å². The molecule has 3 aromatic rings. The number of H-pyrrole nitrogens is 1. The average molecular weight is 396 g/mol. The first-order valence-corrected chi connectivity index (χ1v) is 10.4. The predicted molar refractivity (Wildman–Crippen MR) is 113 cm³/mol. The lowest BCUT2D eigenvalue weighted by molar-refractivity contribution is 0.238. The van der Waals surface area contributed by atoms with E-state index in [1.165, 1.54) is 0 Å². The molecule has 28 heavy (non-hydrogen) atoms. The van der Waals surface area contributed by atoms with Gasteiger partial charge < -0.3 is 10.1 Å². The summed E-state index contributed by atoms with van der Waals surface area (Å²) in [5.41, 5.74) is 3.28. The molecule has 3 heterocycles. The Morgan fingerprint density at radius 1 is 1.25 bits per heavy atom. The van der Waals surface area contributed by atoms with Gasteiger partial charge in [-0.2, -0.15) is 0 Å². The summed E-state index contributed by atoms with van der Waals surface area (Å²) in [5.74, 6) is 1.02. The lowest BCUT2D eigenvalue weighted by atomic mass is 9.85. The molecular formula is C22H25N3O2S. The van der Waals surface area contributed by atoms with Crippen molar-refractivity contribution in [3.05, 3.63) is 68.4 Å². The highest BCUT2D eigenvalue weighted by molar-refractivity contribution is 7.13. The van der Waals surface area contributed by atoms with E-state index >= 15 is 0 Å². The standard InChI is InChI=1S/C22H25N3O2S/c1-22(2,3)16-7-4-6-14(19(16)26)12-25-10-9-17-15(13-25)21(27)24-20(23-17)18-8-5-11-28-18/h4-8,11,26H,9-10,12-13H2,1-3H3,(H,23,24,27). The normalized spacial score (nSPS) is 14.8. The van der Waals surface area contributed by atoms with Crippen molar-refractivity contribution in [1.29, 1.82) is 0 Å². The Morgan fingerprint density at radius 3 is 2.79 bits per heavy atom. The molecule has 1 aliphatic rings.